The molecule has 8 heteroatoms. The minimum Gasteiger partial charge on any atom is -0.455 e. The zero-order valence-electron chi connectivity index (χ0n) is 29.4. The molecule has 46 heavy (non-hydrogen) atoms. The summed E-state index contributed by atoms with van der Waals surface area (Å²) in [5, 5.41) is 0. The van der Waals surface area contributed by atoms with E-state index in [9.17, 15) is 4.79 Å². The van der Waals surface area contributed by atoms with Gasteiger partial charge in [0, 0.05) is 80.2 Å². The lowest BCUT2D eigenvalue weighted by molar-refractivity contribution is -0.331. The van der Waals surface area contributed by atoms with Crippen molar-refractivity contribution in [2.45, 2.75) is 146 Å². The molecule has 3 aliphatic heterocycles. The molecule has 3 saturated heterocycles. The molecular weight excluding hydrogens is 584 g/mol. The van der Waals surface area contributed by atoms with Crippen molar-refractivity contribution in [3.05, 3.63) is 12.2 Å². The lowest BCUT2D eigenvalue weighted by Crippen LogP contribution is -2.74. The maximum atomic E-state index is 13.2. The van der Waals surface area contributed by atoms with Gasteiger partial charge < -0.3 is 33.2 Å². The van der Waals surface area contributed by atoms with E-state index in [4.69, 9.17) is 33.2 Å². The predicted octanol–water partition coefficient (Wildman–Crippen LogP) is 7.11. The zero-order chi connectivity index (χ0) is 32.6. The zero-order valence-corrected chi connectivity index (χ0v) is 29.4. The second kappa shape index (κ2) is 13.4. The molecule has 0 atom stereocenters. The van der Waals surface area contributed by atoms with Crippen LogP contribution in [0.4, 0.5) is 0 Å². The molecule has 0 aromatic rings. The highest BCUT2D eigenvalue weighted by Crippen LogP contribution is 2.66. The SMILES string of the molecule is C=C(C)C(=O)OC12CC3(OCCC4(CCC)COC4)CC(OCCC4(CCC)COC4)(CC(OCCC4(CCC)COC4)(C3)C1)C2. The number of ether oxygens (including phenoxy) is 7. The Morgan fingerprint density at radius 2 is 0.848 bits per heavy atom. The molecule has 0 N–H and O–H groups in total. The summed E-state index contributed by atoms with van der Waals surface area (Å²) in [6.45, 7) is 19.4. The van der Waals surface area contributed by atoms with Crippen molar-refractivity contribution >= 4 is 5.97 Å². The molecule has 7 fully saturated rings. The number of rotatable bonds is 20. The van der Waals surface area contributed by atoms with Crippen LogP contribution in [0.5, 0.6) is 0 Å². The molecule has 0 aromatic carbocycles. The minimum absolute atomic E-state index is 0.223. The highest BCUT2D eigenvalue weighted by molar-refractivity contribution is 5.87. The summed E-state index contributed by atoms with van der Waals surface area (Å²) in [4.78, 5) is 13.2. The highest BCUT2D eigenvalue weighted by atomic mass is 16.6. The van der Waals surface area contributed by atoms with E-state index in [0.29, 0.717) is 44.7 Å². The lowest BCUT2D eigenvalue weighted by Gasteiger charge is -2.68. The Balaban J connectivity index is 1.25. The van der Waals surface area contributed by atoms with Crippen LogP contribution in [-0.2, 0) is 38.0 Å². The maximum absolute atomic E-state index is 13.2. The third-order valence-corrected chi connectivity index (χ3v) is 12.4. The molecule has 4 aliphatic carbocycles. The topological polar surface area (TPSA) is 81.7 Å². The molecule has 4 saturated carbocycles. The van der Waals surface area contributed by atoms with E-state index in [1.54, 1.807) is 6.92 Å². The molecule has 3 heterocycles. The number of carbonyl (C=O) groups excluding carboxylic acids is 1. The Labute approximate surface area is 277 Å². The van der Waals surface area contributed by atoms with E-state index in [-0.39, 0.29) is 22.2 Å². The van der Waals surface area contributed by atoms with Crippen LogP contribution < -0.4 is 0 Å². The van der Waals surface area contributed by atoms with Crippen LogP contribution in [0.3, 0.4) is 0 Å². The highest BCUT2D eigenvalue weighted by Gasteiger charge is 2.72. The van der Waals surface area contributed by atoms with Gasteiger partial charge >= 0.3 is 5.97 Å². The summed E-state index contributed by atoms with van der Waals surface area (Å²) in [5.74, 6) is -0.321. The molecule has 7 rings (SSSR count). The van der Waals surface area contributed by atoms with Gasteiger partial charge in [-0.1, -0.05) is 46.6 Å². The second-order valence-corrected chi connectivity index (χ2v) is 17.0. The van der Waals surface area contributed by atoms with Crippen molar-refractivity contribution in [1.82, 2.24) is 0 Å². The summed E-state index contributed by atoms with van der Waals surface area (Å²) in [6, 6.07) is 0. The fraction of sp³-hybridized carbons (Fsp3) is 0.921. The van der Waals surface area contributed by atoms with Crippen LogP contribution in [0.15, 0.2) is 12.2 Å². The van der Waals surface area contributed by atoms with Gasteiger partial charge in [-0.3, -0.25) is 0 Å². The van der Waals surface area contributed by atoms with Gasteiger partial charge in [0.15, 0.2) is 0 Å². The molecule has 0 unspecified atom stereocenters. The van der Waals surface area contributed by atoms with Crippen molar-refractivity contribution in [2.24, 2.45) is 16.2 Å². The standard InChI is InChI=1S/C38H62O8/c1-6-9-32(24-40-25-32)12-15-43-35-18-36(44-16-13-33(10-7-2)26-41-27-33)20-37(19-35,45-17-14-34(11-8-3)28-42-29-34)23-38(21-35,22-36)46-31(39)30(4)5/h4,6-29H2,1-3,5H3. The number of carbonyl (C=O) groups is 1. The molecular formula is C38H62O8. The largest absolute Gasteiger partial charge is 0.455 e. The van der Waals surface area contributed by atoms with Crippen LogP contribution in [0.25, 0.3) is 0 Å². The second-order valence-electron chi connectivity index (χ2n) is 17.0. The Kier molecular flexibility index (Phi) is 10.1. The van der Waals surface area contributed by atoms with Crippen LogP contribution in [0.2, 0.25) is 0 Å². The van der Waals surface area contributed by atoms with E-state index in [1.807, 2.05) is 0 Å². The minimum atomic E-state index is -0.702. The summed E-state index contributed by atoms with van der Waals surface area (Å²) >= 11 is 0. The van der Waals surface area contributed by atoms with Crippen molar-refractivity contribution in [2.75, 3.05) is 59.5 Å². The Hall–Kier alpha value is -1.03. The van der Waals surface area contributed by atoms with E-state index in [2.05, 4.69) is 27.4 Å². The fourth-order valence-electron chi connectivity index (χ4n) is 10.6. The van der Waals surface area contributed by atoms with Crippen molar-refractivity contribution in [3.63, 3.8) is 0 Å². The third-order valence-electron chi connectivity index (χ3n) is 12.4. The van der Waals surface area contributed by atoms with Gasteiger partial charge in [0.05, 0.1) is 56.4 Å². The molecule has 0 amide bonds. The molecule has 0 spiro atoms. The molecule has 7 aliphatic rings. The average molecular weight is 647 g/mol. The Morgan fingerprint density at radius 1 is 0.543 bits per heavy atom. The predicted molar refractivity (Wildman–Crippen MR) is 176 cm³/mol. The van der Waals surface area contributed by atoms with E-state index in [1.165, 1.54) is 0 Å². The van der Waals surface area contributed by atoms with Gasteiger partial charge in [-0.05, 0) is 45.4 Å². The monoisotopic (exact) mass is 646 g/mol. The molecule has 8 nitrogen and oxygen atoms in total. The number of hydrogen-bond acceptors (Lipinski definition) is 8. The maximum Gasteiger partial charge on any atom is 0.333 e. The summed E-state index contributed by atoms with van der Waals surface area (Å²) in [7, 11) is 0. The first-order valence-corrected chi connectivity index (χ1v) is 18.5. The van der Waals surface area contributed by atoms with Gasteiger partial charge in [-0.15, -0.1) is 0 Å². The quantitative estimate of drug-likeness (QED) is 0.102. The Bertz CT molecular complexity index is 968. The van der Waals surface area contributed by atoms with Crippen LogP contribution >= 0.6 is 0 Å². The molecule has 0 radical (unpaired) electrons. The van der Waals surface area contributed by atoms with Gasteiger partial charge in [-0.25, -0.2) is 4.79 Å². The summed E-state index contributed by atoms with van der Waals surface area (Å²) in [5.41, 5.74) is -1.01. The first-order chi connectivity index (χ1) is 22.0. The number of hydrogen-bond donors (Lipinski definition) is 0. The van der Waals surface area contributed by atoms with Gasteiger partial charge in [-0.2, -0.15) is 0 Å². The van der Waals surface area contributed by atoms with Crippen molar-refractivity contribution in [3.8, 4) is 0 Å². The Morgan fingerprint density at radius 3 is 1.09 bits per heavy atom. The third kappa shape index (κ3) is 7.00. The smallest absolute Gasteiger partial charge is 0.333 e. The van der Waals surface area contributed by atoms with E-state index in [0.717, 1.165) is 117 Å². The summed E-state index contributed by atoms with van der Waals surface area (Å²) in [6.07, 6.45) is 14.4. The normalized spacial score (nSPS) is 36.0. The van der Waals surface area contributed by atoms with Crippen LogP contribution in [0.1, 0.15) is 124 Å². The molecule has 4 bridgehead atoms. The lowest BCUT2D eigenvalue weighted by atomic mass is 9.48. The number of esters is 1. The van der Waals surface area contributed by atoms with Crippen molar-refractivity contribution < 1.29 is 38.0 Å². The first kappa shape index (κ1) is 34.8. The van der Waals surface area contributed by atoms with Crippen LogP contribution in [0, 0.1) is 16.2 Å². The fourth-order valence-corrected chi connectivity index (χ4v) is 10.6. The average Bonchev–Trinajstić information content (AvgIpc) is 2.92. The van der Waals surface area contributed by atoms with Crippen molar-refractivity contribution in [1.29, 1.82) is 0 Å². The molecule has 262 valence electrons. The first-order valence-electron chi connectivity index (χ1n) is 18.5. The van der Waals surface area contributed by atoms with Crippen LogP contribution in [-0.4, -0.2) is 87.8 Å². The van der Waals surface area contributed by atoms with Gasteiger partial charge in [0.25, 0.3) is 0 Å². The summed E-state index contributed by atoms with van der Waals surface area (Å²) < 4.78 is 44.9. The van der Waals surface area contributed by atoms with Gasteiger partial charge in [0.2, 0.25) is 0 Å². The molecule has 0 aromatic heterocycles. The van der Waals surface area contributed by atoms with E-state index >= 15 is 0 Å². The van der Waals surface area contributed by atoms with Gasteiger partial charge in [0.1, 0.15) is 5.60 Å². The van der Waals surface area contributed by atoms with E-state index < -0.39 is 22.4 Å².